The molecular formula is C16H18N4. The summed E-state index contributed by atoms with van der Waals surface area (Å²) in [5.74, 6) is 0.896. The number of aryl methyl sites for hydroxylation is 2. The van der Waals surface area contributed by atoms with Gasteiger partial charge in [-0.05, 0) is 24.6 Å². The molecule has 2 aromatic heterocycles. The molecule has 0 aliphatic carbocycles. The van der Waals surface area contributed by atoms with E-state index in [1.807, 2.05) is 20.0 Å². The summed E-state index contributed by atoms with van der Waals surface area (Å²) in [7, 11) is 4.08. The second-order valence-corrected chi connectivity index (χ2v) is 5.10. The van der Waals surface area contributed by atoms with Crippen LogP contribution in [0, 0.1) is 6.92 Å². The number of aromatic nitrogens is 2. The zero-order chi connectivity index (χ0) is 14.3. The highest BCUT2D eigenvalue weighted by molar-refractivity contribution is 5.95. The molecule has 2 N–H and O–H groups in total. The molecule has 0 atom stereocenters. The molecule has 0 saturated heterocycles. The molecule has 4 heteroatoms. The van der Waals surface area contributed by atoms with E-state index >= 15 is 0 Å². The van der Waals surface area contributed by atoms with Crippen molar-refractivity contribution in [1.29, 1.82) is 0 Å². The first-order chi connectivity index (χ1) is 9.58. The maximum atomic E-state index is 5.84. The molecule has 4 nitrogen and oxygen atoms in total. The average Bonchev–Trinajstić information content (AvgIpc) is 2.79. The van der Waals surface area contributed by atoms with E-state index < -0.39 is 0 Å². The number of nitrogens with two attached hydrogens (primary N) is 1. The second kappa shape index (κ2) is 4.56. The van der Waals surface area contributed by atoms with Crippen molar-refractivity contribution >= 4 is 28.1 Å². The van der Waals surface area contributed by atoms with Crippen LogP contribution in [0.4, 0.5) is 17.2 Å². The summed E-state index contributed by atoms with van der Waals surface area (Å²) in [6.07, 6.45) is 3.84. The van der Waals surface area contributed by atoms with Gasteiger partial charge in [-0.15, -0.1) is 0 Å². The third-order valence-electron chi connectivity index (χ3n) is 3.72. The number of para-hydroxylation sites is 1. The highest BCUT2D eigenvalue weighted by Gasteiger charge is 2.13. The lowest BCUT2D eigenvalue weighted by Gasteiger charge is -2.18. The Morgan fingerprint density at radius 1 is 1.25 bits per heavy atom. The predicted molar refractivity (Wildman–Crippen MR) is 84.4 cm³/mol. The quantitative estimate of drug-likeness (QED) is 0.774. The molecule has 102 valence electrons. The lowest BCUT2D eigenvalue weighted by molar-refractivity contribution is 0.964. The van der Waals surface area contributed by atoms with E-state index in [0.717, 1.165) is 22.8 Å². The topological polar surface area (TPSA) is 47.1 Å². The second-order valence-electron chi connectivity index (χ2n) is 5.10. The zero-order valence-corrected chi connectivity index (χ0v) is 12.0. The maximum absolute atomic E-state index is 5.84. The molecule has 0 aliphatic heterocycles. The smallest absolute Gasteiger partial charge is 0.133 e. The van der Waals surface area contributed by atoms with E-state index in [9.17, 15) is 0 Å². The summed E-state index contributed by atoms with van der Waals surface area (Å²) in [6, 6.07) is 10.4. The SMILES string of the molecule is Cc1cc(N(C)c2cn(C)c3ccccc23)ncc1N. The zero-order valence-electron chi connectivity index (χ0n) is 12.0. The molecular weight excluding hydrogens is 248 g/mol. The number of anilines is 3. The first kappa shape index (κ1) is 12.5. The summed E-state index contributed by atoms with van der Waals surface area (Å²) in [6.45, 7) is 2.00. The Bertz CT molecular complexity index is 773. The molecule has 0 saturated carbocycles. The van der Waals surface area contributed by atoms with Gasteiger partial charge in [0.1, 0.15) is 5.82 Å². The summed E-state index contributed by atoms with van der Waals surface area (Å²) in [5.41, 5.74) is 9.95. The average molecular weight is 266 g/mol. The van der Waals surface area contributed by atoms with E-state index in [-0.39, 0.29) is 0 Å². The normalized spacial score (nSPS) is 10.9. The number of hydrogen-bond donors (Lipinski definition) is 1. The van der Waals surface area contributed by atoms with Crippen molar-refractivity contribution in [2.24, 2.45) is 7.05 Å². The number of nitrogens with zero attached hydrogens (tertiary/aromatic N) is 3. The van der Waals surface area contributed by atoms with Crippen LogP contribution in [0.25, 0.3) is 10.9 Å². The predicted octanol–water partition coefficient (Wildman–Crippen LogP) is 3.23. The first-order valence-electron chi connectivity index (χ1n) is 6.58. The van der Waals surface area contributed by atoms with Crippen LogP contribution in [0.3, 0.4) is 0 Å². The van der Waals surface area contributed by atoms with Crippen molar-refractivity contribution < 1.29 is 0 Å². The van der Waals surface area contributed by atoms with Gasteiger partial charge < -0.3 is 15.2 Å². The van der Waals surface area contributed by atoms with Gasteiger partial charge >= 0.3 is 0 Å². The van der Waals surface area contributed by atoms with Gasteiger partial charge in [0, 0.05) is 31.2 Å². The number of hydrogen-bond acceptors (Lipinski definition) is 3. The lowest BCUT2D eigenvalue weighted by atomic mass is 10.2. The number of rotatable bonds is 2. The van der Waals surface area contributed by atoms with Crippen LogP contribution < -0.4 is 10.6 Å². The number of fused-ring (bicyclic) bond motifs is 1. The van der Waals surface area contributed by atoms with Crippen molar-refractivity contribution in [1.82, 2.24) is 9.55 Å². The van der Waals surface area contributed by atoms with Gasteiger partial charge in [0.05, 0.1) is 17.6 Å². The van der Waals surface area contributed by atoms with Crippen molar-refractivity contribution in [3.8, 4) is 0 Å². The van der Waals surface area contributed by atoms with Crippen molar-refractivity contribution in [3.63, 3.8) is 0 Å². The number of nitrogen functional groups attached to an aromatic ring is 1. The molecule has 0 radical (unpaired) electrons. The molecule has 0 aliphatic rings. The number of pyridine rings is 1. The van der Waals surface area contributed by atoms with Gasteiger partial charge in [-0.25, -0.2) is 4.98 Å². The van der Waals surface area contributed by atoms with Gasteiger partial charge in [0.25, 0.3) is 0 Å². The van der Waals surface area contributed by atoms with Crippen LogP contribution in [0.1, 0.15) is 5.56 Å². The minimum atomic E-state index is 0.722. The highest BCUT2D eigenvalue weighted by atomic mass is 15.2. The Morgan fingerprint density at radius 3 is 2.75 bits per heavy atom. The van der Waals surface area contributed by atoms with Crippen LogP contribution in [0.5, 0.6) is 0 Å². The largest absolute Gasteiger partial charge is 0.397 e. The first-order valence-corrected chi connectivity index (χ1v) is 6.58. The van der Waals surface area contributed by atoms with Crippen molar-refractivity contribution in [2.75, 3.05) is 17.7 Å². The Hall–Kier alpha value is -2.49. The van der Waals surface area contributed by atoms with Gasteiger partial charge in [0.2, 0.25) is 0 Å². The summed E-state index contributed by atoms with van der Waals surface area (Å²) in [4.78, 5) is 6.52. The van der Waals surface area contributed by atoms with Gasteiger partial charge in [-0.1, -0.05) is 18.2 Å². The molecule has 1 aromatic carbocycles. The van der Waals surface area contributed by atoms with E-state index in [1.54, 1.807) is 6.20 Å². The molecule has 0 spiro atoms. The van der Waals surface area contributed by atoms with Crippen LogP contribution >= 0.6 is 0 Å². The molecule has 3 aromatic rings. The van der Waals surface area contributed by atoms with Crippen molar-refractivity contribution in [3.05, 3.63) is 48.3 Å². The molecule has 3 rings (SSSR count). The van der Waals surface area contributed by atoms with E-state index in [1.165, 1.54) is 10.9 Å². The Kier molecular flexibility index (Phi) is 2.86. The molecule has 2 heterocycles. The molecule has 0 bridgehead atoms. The number of benzene rings is 1. The minimum Gasteiger partial charge on any atom is -0.397 e. The molecule has 0 unspecified atom stereocenters. The van der Waals surface area contributed by atoms with Crippen LogP contribution in [0.2, 0.25) is 0 Å². The van der Waals surface area contributed by atoms with E-state index in [4.69, 9.17) is 5.73 Å². The van der Waals surface area contributed by atoms with Crippen molar-refractivity contribution in [2.45, 2.75) is 6.92 Å². The van der Waals surface area contributed by atoms with Crippen LogP contribution in [0.15, 0.2) is 42.7 Å². The third-order valence-corrected chi connectivity index (χ3v) is 3.72. The monoisotopic (exact) mass is 266 g/mol. The fourth-order valence-electron chi connectivity index (χ4n) is 2.45. The van der Waals surface area contributed by atoms with Gasteiger partial charge in [0.15, 0.2) is 0 Å². The molecule has 20 heavy (non-hydrogen) atoms. The minimum absolute atomic E-state index is 0.722. The summed E-state index contributed by atoms with van der Waals surface area (Å²) < 4.78 is 2.13. The summed E-state index contributed by atoms with van der Waals surface area (Å²) in [5, 5.41) is 1.22. The van der Waals surface area contributed by atoms with E-state index in [2.05, 4.69) is 52.0 Å². The van der Waals surface area contributed by atoms with E-state index in [0.29, 0.717) is 0 Å². The maximum Gasteiger partial charge on any atom is 0.133 e. The summed E-state index contributed by atoms with van der Waals surface area (Å²) >= 11 is 0. The highest BCUT2D eigenvalue weighted by Crippen LogP contribution is 2.32. The Balaban J connectivity index is 2.12. The fraction of sp³-hybridized carbons (Fsp3) is 0.188. The molecule has 0 fully saturated rings. The third kappa shape index (κ3) is 1.90. The Labute approximate surface area is 118 Å². The van der Waals surface area contributed by atoms with Crippen LogP contribution in [-0.2, 0) is 7.05 Å². The van der Waals surface area contributed by atoms with Crippen LogP contribution in [-0.4, -0.2) is 16.6 Å². The van der Waals surface area contributed by atoms with Gasteiger partial charge in [-0.2, -0.15) is 0 Å². The van der Waals surface area contributed by atoms with Gasteiger partial charge in [-0.3, -0.25) is 0 Å². The lowest BCUT2D eigenvalue weighted by Crippen LogP contribution is -2.11. The standard InChI is InChI=1S/C16H18N4/c1-11-8-16(18-9-13(11)17)20(3)15-10-19(2)14-7-5-4-6-12(14)15/h4-10H,17H2,1-3H3. The Morgan fingerprint density at radius 2 is 2.00 bits per heavy atom. The molecule has 0 amide bonds. The fourth-order valence-corrected chi connectivity index (χ4v) is 2.45.